The lowest BCUT2D eigenvalue weighted by Gasteiger charge is -2.22. The summed E-state index contributed by atoms with van der Waals surface area (Å²) in [5.74, 6) is 0. The van der Waals surface area contributed by atoms with Gasteiger partial charge in [-0.25, -0.2) is 21.4 Å². The molecule has 9 nitrogen and oxygen atoms in total. The van der Waals surface area contributed by atoms with Gasteiger partial charge in [0.25, 0.3) is 0 Å². The quantitative estimate of drug-likeness (QED) is 0.292. The van der Waals surface area contributed by atoms with Crippen molar-refractivity contribution in [2.24, 2.45) is 0 Å². The van der Waals surface area contributed by atoms with Crippen LogP contribution in [0.15, 0.2) is 24.5 Å². The molecule has 0 atom stereocenters. The summed E-state index contributed by atoms with van der Waals surface area (Å²) in [7, 11) is -11.1. The van der Waals surface area contributed by atoms with Crippen molar-refractivity contribution >= 4 is 28.9 Å². The first-order valence-electron chi connectivity index (χ1n) is 7.90. The number of rotatable bonds is 8. The van der Waals surface area contributed by atoms with Crippen molar-refractivity contribution in [2.75, 3.05) is 21.3 Å². The van der Waals surface area contributed by atoms with E-state index in [-0.39, 0.29) is 0 Å². The Morgan fingerprint density at radius 3 is 1.48 bits per heavy atom. The molecule has 0 amide bonds. The van der Waals surface area contributed by atoms with E-state index in [0.717, 1.165) is 10.5 Å². The van der Waals surface area contributed by atoms with Gasteiger partial charge >= 0.3 is 19.8 Å². The summed E-state index contributed by atoms with van der Waals surface area (Å²) >= 11 is 0. The molecule has 1 heterocycles. The zero-order chi connectivity index (χ0) is 24.7. The molecular formula is C13H20F6N2O7S2Si. The number of sulfonamides is 2. The SMILES string of the molecule is CCc1cc[n+](C[Si](OC)(OC)OC)cc1.O=S(=O)([N-]S(=O)(=O)C(F)(F)F)C(F)(F)F. The molecule has 0 aliphatic rings. The van der Waals surface area contributed by atoms with Crippen LogP contribution >= 0.6 is 0 Å². The van der Waals surface area contributed by atoms with E-state index >= 15 is 0 Å². The highest BCUT2D eigenvalue weighted by molar-refractivity contribution is 8.13. The van der Waals surface area contributed by atoms with Gasteiger partial charge in [0.2, 0.25) is 6.17 Å². The lowest BCUT2D eigenvalue weighted by molar-refractivity contribution is -0.685. The number of hydrogen-bond acceptors (Lipinski definition) is 7. The molecule has 0 saturated heterocycles. The number of nitrogens with zero attached hydrogens (tertiary/aromatic N) is 2. The van der Waals surface area contributed by atoms with E-state index in [1.165, 1.54) is 5.56 Å². The third kappa shape index (κ3) is 8.62. The molecule has 0 fully saturated rings. The molecule has 0 aliphatic heterocycles. The van der Waals surface area contributed by atoms with E-state index in [9.17, 15) is 43.2 Å². The second kappa shape index (κ2) is 11.0. The standard InChI is InChI=1S/C11H20NO3Si.C2F6NO4S2/c1-5-11-6-8-12(9-7-11)10-16(13-2,14-3)15-4;3-1(4,5)14(10,11)9-15(12,13)2(6,7)8/h6-9H,5,10H2,1-4H3;/q+1;-1. The Kier molecular flexibility index (Phi) is 10.5. The first-order valence-corrected chi connectivity index (χ1v) is 12.7. The number of pyridine rings is 1. The first kappa shape index (κ1) is 29.7. The van der Waals surface area contributed by atoms with Crippen molar-refractivity contribution in [1.29, 1.82) is 0 Å². The molecule has 0 bridgehead atoms. The molecule has 0 aromatic carbocycles. The fourth-order valence-corrected chi connectivity index (χ4v) is 4.97. The van der Waals surface area contributed by atoms with E-state index in [4.69, 9.17) is 13.3 Å². The number of alkyl halides is 6. The lowest BCUT2D eigenvalue weighted by atomic mass is 10.2. The van der Waals surface area contributed by atoms with Crippen LogP contribution in [0.4, 0.5) is 26.3 Å². The van der Waals surface area contributed by atoms with Gasteiger partial charge in [0.15, 0.2) is 32.4 Å². The molecule has 18 heteroatoms. The van der Waals surface area contributed by atoms with E-state index in [0.29, 0.717) is 6.17 Å². The van der Waals surface area contributed by atoms with Crippen molar-refractivity contribution < 1.29 is 61.0 Å². The molecule has 182 valence electrons. The molecule has 0 unspecified atom stereocenters. The van der Waals surface area contributed by atoms with E-state index in [1.54, 1.807) is 21.3 Å². The highest BCUT2D eigenvalue weighted by atomic mass is 32.3. The molecule has 0 aliphatic carbocycles. The molecule has 0 N–H and O–H groups in total. The second-order valence-corrected chi connectivity index (χ2v) is 11.8. The summed E-state index contributed by atoms with van der Waals surface area (Å²) in [4.78, 5) is 0. The van der Waals surface area contributed by atoms with Crippen LogP contribution in [0, 0.1) is 0 Å². The Balaban J connectivity index is 0.000000582. The predicted molar refractivity (Wildman–Crippen MR) is 96.1 cm³/mol. The number of halogens is 6. The summed E-state index contributed by atoms with van der Waals surface area (Å²) in [5.41, 5.74) is -11.1. The molecule has 0 spiro atoms. The van der Waals surface area contributed by atoms with Gasteiger partial charge < -0.3 is 17.4 Å². The molecule has 0 radical (unpaired) electrons. The number of hydrogen-bond donors (Lipinski definition) is 0. The normalized spacial score (nSPS) is 13.5. The van der Waals surface area contributed by atoms with Crippen molar-refractivity contribution in [3.63, 3.8) is 0 Å². The van der Waals surface area contributed by atoms with Gasteiger partial charge in [-0.15, -0.1) is 0 Å². The maximum Gasteiger partial charge on any atom is 0.569 e. The lowest BCUT2D eigenvalue weighted by Crippen LogP contribution is -2.56. The number of aromatic nitrogens is 1. The first-order chi connectivity index (χ1) is 13.9. The van der Waals surface area contributed by atoms with Gasteiger partial charge in [0.05, 0.1) is 0 Å². The van der Waals surface area contributed by atoms with Crippen molar-refractivity contribution in [3.05, 3.63) is 34.2 Å². The topological polar surface area (TPSA) is 114 Å². The Morgan fingerprint density at radius 2 is 1.23 bits per heavy atom. The zero-order valence-corrected chi connectivity index (χ0v) is 19.2. The van der Waals surface area contributed by atoms with Crippen LogP contribution in [0.3, 0.4) is 0 Å². The summed E-state index contributed by atoms with van der Waals surface area (Å²) in [5, 5.41) is 0. The Morgan fingerprint density at radius 1 is 0.871 bits per heavy atom. The van der Waals surface area contributed by atoms with E-state index in [2.05, 4.69) is 19.1 Å². The average molecular weight is 523 g/mol. The van der Waals surface area contributed by atoms with Crippen LogP contribution in [0.25, 0.3) is 4.13 Å². The average Bonchev–Trinajstić information content (AvgIpc) is 2.65. The summed E-state index contributed by atoms with van der Waals surface area (Å²) in [6, 6.07) is 4.19. The third-order valence-corrected chi connectivity index (χ3v) is 8.82. The van der Waals surface area contributed by atoms with Crippen LogP contribution in [0.5, 0.6) is 0 Å². The van der Waals surface area contributed by atoms with Crippen LogP contribution in [0.1, 0.15) is 12.5 Å². The second-order valence-electron chi connectivity index (χ2n) is 5.44. The Labute approximate surface area is 176 Å². The minimum atomic E-state index is -6.72. The molecular weight excluding hydrogens is 502 g/mol. The predicted octanol–water partition coefficient (Wildman–Crippen LogP) is 2.01. The molecule has 1 aromatic rings. The Bertz CT molecular complexity index is 851. The van der Waals surface area contributed by atoms with Crippen molar-refractivity contribution in [3.8, 4) is 0 Å². The van der Waals surface area contributed by atoms with Gasteiger partial charge in [-0.3, -0.25) is 0 Å². The monoisotopic (exact) mass is 522 g/mol. The van der Waals surface area contributed by atoms with Crippen LogP contribution in [-0.2, 0) is 45.9 Å². The van der Waals surface area contributed by atoms with Crippen molar-refractivity contribution in [1.82, 2.24) is 0 Å². The Hall–Kier alpha value is -1.31. The summed E-state index contributed by atoms with van der Waals surface area (Å²) in [6.07, 6.45) is 5.72. The summed E-state index contributed by atoms with van der Waals surface area (Å²) in [6.45, 7) is 2.14. The minimum Gasteiger partial charge on any atom is -0.421 e. The van der Waals surface area contributed by atoms with E-state index in [1.807, 2.05) is 17.0 Å². The summed E-state index contributed by atoms with van der Waals surface area (Å²) < 4.78 is 127. The fourth-order valence-electron chi connectivity index (χ4n) is 1.71. The highest BCUT2D eigenvalue weighted by Crippen LogP contribution is 2.36. The number of aryl methyl sites for hydroxylation is 1. The fraction of sp³-hybridized carbons (Fsp3) is 0.615. The van der Waals surface area contributed by atoms with Gasteiger partial charge in [0, 0.05) is 33.5 Å². The maximum atomic E-state index is 11.4. The molecule has 31 heavy (non-hydrogen) atoms. The van der Waals surface area contributed by atoms with Crippen LogP contribution < -0.4 is 4.57 Å². The molecule has 1 aromatic heterocycles. The van der Waals surface area contributed by atoms with Gasteiger partial charge in [-0.2, -0.15) is 26.3 Å². The van der Waals surface area contributed by atoms with Gasteiger partial charge in [-0.05, 0) is 12.0 Å². The minimum absolute atomic E-state index is 0.625. The molecule has 1 rings (SSSR count). The maximum absolute atomic E-state index is 11.4. The smallest absolute Gasteiger partial charge is 0.421 e. The largest absolute Gasteiger partial charge is 0.569 e. The third-order valence-electron chi connectivity index (χ3n) is 3.46. The van der Waals surface area contributed by atoms with E-state index < -0.39 is 39.9 Å². The van der Waals surface area contributed by atoms with Gasteiger partial charge in [-0.1, -0.05) is 6.92 Å². The van der Waals surface area contributed by atoms with Crippen LogP contribution in [0.2, 0.25) is 0 Å². The highest BCUT2D eigenvalue weighted by Gasteiger charge is 2.47. The van der Waals surface area contributed by atoms with Gasteiger partial charge in [0.1, 0.15) is 0 Å². The van der Waals surface area contributed by atoms with Crippen LogP contribution in [-0.4, -0.2) is 58.0 Å². The molecule has 0 saturated carbocycles. The zero-order valence-electron chi connectivity index (χ0n) is 16.6. The van der Waals surface area contributed by atoms with Crippen molar-refractivity contribution in [2.45, 2.75) is 30.5 Å².